The molecule has 1 N–H and O–H groups in total. The van der Waals surface area contributed by atoms with Crippen LogP contribution in [0.5, 0.6) is 0 Å². The first-order chi connectivity index (χ1) is 11.0. The van der Waals surface area contributed by atoms with E-state index in [2.05, 4.69) is 9.88 Å². The lowest BCUT2D eigenvalue weighted by Gasteiger charge is -2.39. The first kappa shape index (κ1) is 16.1. The van der Waals surface area contributed by atoms with Gasteiger partial charge in [0.2, 0.25) is 5.91 Å². The van der Waals surface area contributed by atoms with Crippen molar-refractivity contribution in [3.05, 3.63) is 24.0 Å². The number of aromatic nitrogens is 1. The average Bonchev–Trinajstić information content (AvgIpc) is 3.16. The summed E-state index contributed by atoms with van der Waals surface area (Å²) in [5.41, 5.74) is 0.254. The highest BCUT2D eigenvalue weighted by Crippen LogP contribution is 2.40. The number of hydrogen-bond acceptors (Lipinski definition) is 3. The van der Waals surface area contributed by atoms with Crippen molar-refractivity contribution in [3.63, 3.8) is 0 Å². The third-order valence-electron chi connectivity index (χ3n) is 5.11. The van der Waals surface area contributed by atoms with E-state index in [1.54, 1.807) is 12.3 Å². The second-order valence-electron chi connectivity index (χ2n) is 7.04. The highest BCUT2D eigenvalue weighted by atomic mass is 16.2. The zero-order valence-electron chi connectivity index (χ0n) is 14.0. The Morgan fingerprint density at radius 1 is 1.35 bits per heavy atom. The van der Waals surface area contributed by atoms with Crippen LogP contribution in [0.4, 0.5) is 0 Å². The van der Waals surface area contributed by atoms with Crippen LogP contribution in [0.3, 0.4) is 0 Å². The molecule has 0 saturated carbocycles. The van der Waals surface area contributed by atoms with Gasteiger partial charge in [0.25, 0.3) is 5.91 Å². The molecule has 6 nitrogen and oxygen atoms in total. The maximum atomic E-state index is 12.9. The van der Waals surface area contributed by atoms with Crippen molar-refractivity contribution in [3.8, 4) is 0 Å². The normalized spacial score (nSPS) is 24.9. The molecule has 6 heteroatoms. The summed E-state index contributed by atoms with van der Waals surface area (Å²) in [4.78, 5) is 34.4. The van der Waals surface area contributed by atoms with E-state index in [9.17, 15) is 9.59 Å². The van der Waals surface area contributed by atoms with E-state index in [1.807, 2.05) is 30.0 Å². The van der Waals surface area contributed by atoms with E-state index < -0.39 is 0 Å². The van der Waals surface area contributed by atoms with Crippen LogP contribution >= 0.6 is 0 Å². The molecular weight excluding hydrogens is 292 g/mol. The molecule has 1 spiro atoms. The van der Waals surface area contributed by atoms with Crippen molar-refractivity contribution < 1.29 is 9.59 Å². The third-order valence-corrected chi connectivity index (χ3v) is 5.11. The van der Waals surface area contributed by atoms with Gasteiger partial charge in [0, 0.05) is 38.9 Å². The van der Waals surface area contributed by atoms with Crippen molar-refractivity contribution >= 4 is 11.8 Å². The van der Waals surface area contributed by atoms with E-state index >= 15 is 0 Å². The third kappa shape index (κ3) is 3.13. The van der Waals surface area contributed by atoms with Crippen molar-refractivity contribution in [1.29, 1.82) is 0 Å². The minimum absolute atomic E-state index is 0.00798. The number of likely N-dealkylation sites (tertiary alicyclic amines) is 2. The molecule has 0 aliphatic carbocycles. The Morgan fingerprint density at radius 3 is 2.87 bits per heavy atom. The summed E-state index contributed by atoms with van der Waals surface area (Å²) in [6.45, 7) is 3.77. The molecule has 0 radical (unpaired) electrons. The predicted molar refractivity (Wildman–Crippen MR) is 88.1 cm³/mol. The van der Waals surface area contributed by atoms with E-state index in [1.165, 1.54) is 0 Å². The first-order valence-electron chi connectivity index (χ1n) is 8.39. The van der Waals surface area contributed by atoms with Gasteiger partial charge < -0.3 is 19.7 Å². The summed E-state index contributed by atoms with van der Waals surface area (Å²) in [7, 11) is 4.04. The molecule has 3 heterocycles. The van der Waals surface area contributed by atoms with Crippen LogP contribution in [0, 0.1) is 5.41 Å². The first-order valence-corrected chi connectivity index (χ1v) is 8.39. The van der Waals surface area contributed by atoms with Gasteiger partial charge in [0.15, 0.2) is 0 Å². The van der Waals surface area contributed by atoms with Crippen LogP contribution in [-0.2, 0) is 4.79 Å². The zero-order valence-corrected chi connectivity index (χ0v) is 14.0. The fourth-order valence-electron chi connectivity index (χ4n) is 3.74. The van der Waals surface area contributed by atoms with Crippen molar-refractivity contribution in [2.45, 2.75) is 19.3 Å². The summed E-state index contributed by atoms with van der Waals surface area (Å²) in [5.74, 6) is 0.247. The minimum atomic E-state index is -0.354. The number of aromatic amines is 1. The standard InChI is InChI=1S/C17H26N4O2/c1-19(2)11-12-20-10-7-17(16(20)23)6-4-9-21(13-17)15(22)14-5-3-8-18-14/h3,5,8,18H,4,6-7,9-13H2,1-2H3/t17-/m1/s1. The monoisotopic (exact) mass is 318 g/mol. The van der Waals surface area contributed by atoms with Gasteiger partial charge in [0.05, 0.1) is 5.41 Å². The molecular formula is C17H26N4O2. The zero-order chi connectivity index (χ0) is 16.4. The highest BCUT2D eigenvalue weighted by molar-refractivity contribution is 5.93. The smallest absolute Gasteiger partial charge is 0.270 e. The summed E-state index contributed by atoms with van der Waals surface area (Å²) in [6, 6.07) is 3.63. The second-order valence-corrected chi connectivity index (χ2v) is 7.04. The van der Waals surface area contributed by atoms with E-state index in [0.717, 1.165) is 45.4 Å². The molecule has 1 aromatic rings. The van der Waals surface area contributed by atoms with Gasteiger partial charge >= 0.3 is 0 Å². The molecule has 2 aliphatic rings. The largest absolute Gasteiger partial charge is 0.357 e. The molecule has 2 aliphatic heterocycles. The summed E-state index contributed by atoms with van der Waals surface area (Å²) < 4.78 is 0. The topological polar surface area (TPSA) is 59.6 Å². The van der Waals surface area contributed by atoms with Crippen LogP contribution < -0.4 is 0 Å². The van der Waals surface area contributed by atoms with Gasteiger partial charge in [-0.05, 0) is 45.5 Å². The van der Waals surface area contributed by atoms with Crippen LogP contribution in [0.15, 0.2) is 18.3 Å². The van der Waals surface area contributed by atoms with Crippen LogP contribution in [0.1, 0.15) is 29.8 Å². The number of nitrogens with zero attached hydrogens (tertiary/aromatic N) is 3. The maximum Gasteiger partial charge on any atom is 0.270 e. The number of nitrogens with one attached hydrogen (secondary N) is 1. The number of H-pyrrole nitrogens is 1. The van der Waals surface area contributed by atoms with Gasteiger partial charge in [-0.15, -0.1) is 0 Å². The van der Waals surface area contributed by atoms with Crippen molar-refractivity contribution in [1.82, 2.24) is 19.7 Å². The minimum Gasteiger partial charge on any atom is -0.357 e. The molecule has 0 unspecified atom stereocenters. The fraction of sp³-hybridized carbons (Fsp3) is 0.647. The van der Waals surface area contributed by atoms with E-state index in [4.69, 9.17) is 0 Å². The molecule has 2 fully saturated rings. The fourth-order valence-corrected chi connectivity index (χ4v) is 3.74. The van der Waals surface area contributed by atoms with Crippen LogP contribution in [-0.4, -0.2) is 78.3 Å². The molecule has 2 saturated heterocycles. The number of carbonyl (C=O) groups is 2. The molecule has 1 aromatic heterocycles. The Kier molecular flexibility index (Phi) is 4.43. The van der Waals surface area contributed by atoms with Gasteiger partial charge in [-0.3, -0.25) is 9.59 Å². The maximum absolute atomic E-state index is 12.9. The Morgan fingerprint density at radius 2 is 2.17 bits per heavy atom. The summed E-state index contributed by atoms with van der Waals surface area (Å²) in [5, 5.41) is 0. The molecule has 1 atom stereocenters. The van der Waals surface area contributed by atoms with E-state index in [0.29, 0.717) is 12.2 Å². The lowest BCUT2D eigenvalue weighted by molar-refractivity contribution is -0.138. The Hall–Kier alpha value is -1.82. The SMILES string of the molecule is CN(C)CCN1CC[C@@]2(CCCN(C(=O)c3ccc[nH]3)C2)C1=O. The van der Waals surface area contributed by atoms with Gasteiger partial charge in [-0.25, -0.2) is 0 Å². The quantitative estimate of drug-likeness (QED) is 0.902. The lowest BCUT2D eigenvalue weighted by atomic mass is 9.78. The average molecular weight is 318 g/mol. The van der Waals surface area contributed by atoms with E-state index in [-0.39, 0.29) is 17.2 Å². The van der Waals surface area contributed by atoms with Crippen LogP contribution in [0.2, 0.25) is 0 Å². The number of piperidine rings is 1. The molecule has 0 aromatic carbocycles. The number of likely N-dealkylation sites (N-methyl/N-ethyl adjacent to an activating group) is 1. The van der Waals surface area contributed by atoms with Gasteiger partial charge in [-0.2, -0.15) is 0 Å². The molecule has 3 rings (SSSR count). The lowest BCUT2D eigenvalue weighted by Crippen LogP contribution is -2.50. The van der Waals surface area contributed by atoms with Crippen molar-refractivity contribution in [2.75, 3.05) is 46.8 Å². The molecule has 23 heavy (non-hydrogen) atoms. The molecule has 2 amide bonds. The Labute approximate surface area is 137 Å². The number of amides is 2. The molecule has 0 bridgehead atoms. The van der Waals surface area contributed by atoms with Gasteiger partial charge in [0.1, 0.15) is 5.69 Å². The van der Waals surface area contributed by atoms with Gasteiger partial charge in [-0.1, -0.05) is 0 Å². The molecule has 126 valence electrons. The van der Waals surface area contributed by atoms with Crippen molar-refractivity contribution in [2.24, 2.45) is 5.41 Å². The highest BCUT2D eigenvalue weighted by Gasteiger charge is 2.49. The number of hydrogen-bond donors (Lipinski definition) is 1. The number of carbonyl (C=O) groups excluding carboxylic acids is 2. The second kappa shape index (κ2) is 6.35. The van der Waals surface area contributed by atoms with Crippen LogP contribution in [0.25, 0.3) is 0 Å². The Bertz CT molecular complexity index is 569. The Balaban J connectivity index is 1.68. The predicted octanol–water partition coefficient (Wildman–Crippen LogP) is 1.03. The number of rotatable bonds is 4. The summed E-state index contributed by atoms with van der Waals surface area (Å²) >= 11 is 0. The summed E-state index contributed by atoms with van der Waals surface area (Å²) in [6.07, 6.45) is 4.43.